The van der Waals surface area contributed by atoms with Crippen LogP contribution >= 0.6 is 0 Å². The standard InChI is InChI=1S/C15H23NO4/c1-2-20-14(17)13-3-6-15(18,7-4-13)11-16-9-12-5-8-19-10-12/h5,8,10,13,16,18H,2-4,6-7,9,11H2,1H3. The van der Waals surface area contributed by atoms with Crippen molar-refractivity contribution in [1.29, 1.82) is 0 Å². The molecule has 2 rings (SSSR count). The van der Waals surface area contributed by atoms with Crippen molar-refractivity contribution in [1.82, 2.24) is 5.32 Å². The first-order valence-electron chi connectivity index (χ1n) is 7.24. The van der Waals surface area contributed by atoms with Gasteiger partial charge in [0.05, 0.1) is 30.7 Å². The summed E-state index contributed by atoms with van der Waals surface area (Å²) in [5.41, 5.74) is 0.348. The van der Waals surface area contributed by atoms with Crippen LogP contribution in [0.2, 0.25) is 0 Å². The Kier molecular flexibility index (Phi) is 5.20. The van der Waals surface area contributed by atoms with Crippen LogP contribution in [0, 0.1) is 5.92 Å². The van der Waals surface area contributed by atoms with Crippen LogP contribution in [0.1, 0.15) is 38.2 Å². The Morgan fingerprint density at radius 1 is 1.55 bits per heavy atom. The number of ether oxygens (including phenoxy) is 1. The molecule has 1 aliphatic rings. The van der Waals surface area contributed by atoms with E-state index in [0.717, 1.165) is 5.56 Å². The van der Waals surface area contributed by atoms with E-state index in [-0.39, 0.29) is 11.9 Å². The Bertz CT molecular complexity index is 408. The predicted octanol–water partition coefficient (Wildman–Crippen LogP) is 1.85. The summed E-state index contributed by atoms with van der Waals surface area (Å²) in [6, 6.07) is 1.90. The minimum Gasteiger partial charge on any atom is -0.472 e. The van der Waals surface area contributed by atoms with Gasteiger partial charge in [-0.05, 0) is 38.7 Å². The Labute approximate surface area is 119 Å². The normalized spacial score (nSPS) is 26.4. The highest BCUT2D eigenvalue weighted by Crippen LogP contribution is 2.32. The smallest absolute Gasteiger partial charge is 0.308 e. The monoisotopic (exact) mass is 281 g/mol. The number of hydrogen-bond donors (Lipinski definition) is 2. The molecule has 0 radical (unpaired) electrons. The lowest BCUT2D eigenvalue weighted by Crippen LogP contribution is -2.44. The van der Waals surface area contributed by atoms with Gasteiger partial charge in [-0.2, -0.15) is 0 Å². The zero-order valence-corrected chi connectivity index (χ0v) is 11.9. The van der Waals surface area contributed by atoms with E-state index in [9.17, 15) is 9.90 Å². The Morgan fingerprint density at radius 3 is 2.90 bits per heavy atom. The highest BCUT2D eigenvalue weighted by atomic mass is 16.5. The van der Waals surface area contributed by atoms with E-state index >= 15 is 0 Å². The molecule has 0 saturated heterocycles. The molecule has 0 aliphatic heterocycles. The van der Waals surface area contributed by atoms with E-state index in [2.05, 4.69) is 5.32 Å². The number of rotatable bonds is 6. The third-order valence-electron chi connectivity index (χ3n) is 3.90. The molecule has 1 aromatic rings. The van der Waals surface area contributed by atoms with E-state index < -0.39 is 5.60 Å². The molecule has 5 nitrogen and oxygen atoms in total. The maximum absolute atomic E-state index is 11.6. The molecule has 1 heterocycles. The lowest BCUT2D eigenvalue weighted by atomic mass is 9.79. The summed E-state index contributed by atoms with van der Waals surface area (Å²) in [6.45, 7) is 3.45. The van der Waals surface area contributed by atoms with Crippen molar-refractivity contribution >= 4 is 5.97 Å². The van der Waals surface area contributed by atoms with Crippen molar-refractivity contribution < 1.29 is 19.1 Å². The number of furan rings is 1. The Balaban J connectivity index is 1.72. The summed E-state index contributed by atoms with van der Waals surface area (Å²) in [4.78, 5) is 11.6. The molecular weight excluding hydrogens is 258 g/mol. The van der Waals surface area contributed by atoms with Gasteiger partial charge in [0, 0.05) is 18.7 Å². The molecule has 1 aliphatic carbocycles. The fourth-order valence-corrected chi connectivity index (χ4v) is 2.66. The number of hydrogen-bond acceptors (Lipinski definition) is 5. The number of carbonyl (C=O) groups is 1. The molecule has 0 unspecified atom stereocenters. The Morgan fingerprint density at radius 2 is 2.30 bits per heavy atom. The third-order valence-corrected chi connectivity index (χ3v) is 3.90. The highest BCUT2D eigenvalue weighted by molar-refractivity contribution is 5.72. The second-order valence-electron chi connectivity index (χ2n) is 5.49. The number of aliphatic hydroxyl groups is 1. The van der Waals surface area contributed by atoms with Gasteiger partial charge < -0.3 is 19.6 Å². The van der Waals surface area contributed by atoms with Gasteiger partial charge in [0.2, 0.25) is 0 Å². The molecule has 1 fully saturated rings. The van der Waals surface area contributed by atoms with Crippen LogP contribution in [0.4, 0.5) is 0 Å². The molecule has 0 aromatic carbocycles. The summed E-state index contributed by atoms with van der Waals surface area (Å²) in [5.74, 6) is -0.176. The molecule has 0 spiro atoms. The van der Waals surface area contributed by atoms with Crippen molar-refractivity contribution in [3.8, 4) is 0 Å². The number of esters is 1. The van der Waals surface area contributed by atoms with Crippen molar-refractivity contribution in [2.45, 2.75) is 44.8 Å². The zero-order chi connectivity index (χ0) is 14.4. The first kappa shape index (κ1) is 15.1. The lowest BCUT2D eigenvalue weighted by Gasteiger charge is -2.35. The molecule has 2 N–H and O–H groups in total. The summed E-state index contributed by atoms with van der Waals surface area (Å²) in [6.07, 6.45) is 5.99. The van der Waals surface area contributed by atoms with E-state index in [4.69, 9.17) is 9.15 Å². The van der Waals surface area contributed by atoms with Gasteiger partial charge in [0.25, 0.3) is 0 Å². The van der Waals surface area contributed by atoms with Crippen LogP contribution in [-0.4, -0.2) is 29.8 Å². The van der Waals surface area contributed by atoms with Crippen LogP contribution in [0.5, 0.6) is 0 Å². The summed E-state index contributed by atoms with van der Waals surface area (Å²) in [5, 5.41) is 13.7. The van der Waals surface area contributed by atoms with Crippen molar-refractivity contribution in [3.05, 3.63) is 24.2 Å². The van der Waals surface area contributed by atoms with Gasteiger partial charge >= 0.3 is 5.97 Å². The minimum atomic E-state index is -0.716. The van der Waals surface area contributed by atoms with Gasteiger partial charge in [0.15, 0.2) is 0 Å². The second-order valence-corrected chi connectivity index (χ2v) is 5.49. The number of carbonyl (C=O) groups excluding carboxylic acids is 1. The maximum Gasteiger partial charge on any atom is 0.308 e. The molecule has 112 valence electrons. The Hall–Kier alpha value is -1.33. The van der Waals surface area contributed by atoms with Crippen molar-refractivity contribution in [2.24, 2.45) is 5.92 Å². The molecule has 0 atom stereocenters. The SMILES string of the molecule is CCOC(=O)C1CCC(O)(CNCc2ccoc2)CC1. The molecule has 20 heavy (non-hydrogen) atoms. The topological polar surface area (TPSA) is 71.7 Å². The van der Waals surface area contributed by atoms with E-state index in [0.29, 0.717) is 45.4 Å². The van der Waals surface area contributed by atoms with Crippen LogP contribution in [0.3, 0.4) is 0 Å². The fraction of sp³-hybridized carbons (Fsp3) is 0.667. The third kappa shape index (κ3) is 4.08. The maximum atomic E-state index is 11.6. The summed E-state index contributed by atoms with van der Waals surface area (Å²) in [7, 11) is 0. The van der Waals surface area contributed by atoms with E-state index in [1.54, 1.807) is 12.5 Å². The van der Waals surface area contributed by atoms with Crippen LogP contribution in [0.25, 0.3) is 0 Å². The lowest BCUT2D eigenvalue weighted by molar-refractivity contribution is -0.151. The molecular formula is C15H23NO4. The first-order chi connectivity index (χ1) is 9.63. The molecule has 1 saturated carbocycles. The first-order valence-corrected chi connectivity index (χ1v) is 7.24. The fourth-order valence-electron chi connectivity index (χ4n) is 2.66. The van der Waals surface area contributed by atoms with Gasteiger partial charge in [0.1, 0.15) is 0 Å². The van der Waals surface area contributed by atoms with Crippen molar-refractivity contribution in [3.63, 3.8) is 0 Å². The van der Waals surface area contributed by atoms with Crippen LogP contribution < -0.4 is 5.32 Å². The van der Waals surface area contributed by atoms with Gasteiger partial charge in [-0.3, -0.25) is 4.79 Å². The minimum absolute atomic E-state index is 0.0518. The van der Waals surface area contributed by atoms with Crippen molar-refractivity contribution in [2.75, 3.05) is 13.2 Å². The summed E-state index contributed by atoms with van der Waals surface area (Å²) >= 11 is 0. The second kappa shape index (κ2) is 6.90. The average molecular weight is 281 g/mol. The van der Waals surface area contributed by atoms with Crippen LogP contribution in [-0.2, 0) is 16.1 Å². The van der Waals surface area contributed by atoms with E-state index in [1.807, 2.05) is 13.0 Å². The molecule has 0 amide bonds. The van der Waals surface area contributed by atoms with E-state index in [1.165, 1.54) is 0 Å². The molecule has 5 heteroatoms. The van der Waals surface area contributed by atoms with Gasteiger partial charge in [-0.15, -0.1) is 0 Å². The highest BCUT2D eigenvalue weighted by Gasteiger charge is 2.35. The quantitative estimate of drug-likeness (QED) is 0.779. The van der Waals surface area contributed by atoms with Crippen LogP contribution in [0.15, 0.2) is 23.0 Å². The molecule has 0 bridgehead atoms. The zero-order valence-electron chi connectivity index (χ0n) is 11.9. The number of nitrogens with one attached hydrogen (secondary N) is 1. The van der Waals surface area contributed by atoms with Gasteiger partial charge in [-0.25, -0.2) is 0 Å². The average Bonchev–Trinajstić information content (AvgIpc) is 2.93. The summed E-state index contributed by atoms with van der Waals surface area (Å²) < 4.78 is 10.0. The predicted molar refractivity (Wildman–Crippen MR) is 74.0 cm³/mol. The molecule has 1 aromatic heterocycles. The largest absolute Gasteiger partial charge is 0.472 e. The van der Waals surface area contributed by atoms with Gasteiger partial charge in [-0.1, -0.05) is 0 Å².